The summed E-state index contributed by atoms with van der Waals surface area (Å²) in [6, 6.07) is 12.2. The second kappa shape index (κ2) is 9.87. The van der Waals surface area contributed by atoms with Crippen LogP contribution in [0.4, 0.5) is 24.5 Å². The standard InChI is InChI=1S/C25H25F3N2O4/c26-25(27,28)19-10-4-5-11-20(19)29-22(31)15-34-24(33)18-9-3-2-8-17(18)23(32)30-14-13-16-7-1-6-12-21(16)30/h1,4-7,10-12,17-18H,2-3,8-9,13-15H2,(H,29,31). The zero-order valence-electron chi connectivity index (χ0n) is 18.4. The summed E-state index contributed by atoms with van der Waals surface area (Å²) in [5, 5.41) is 2.15. The Kier molecular flexibility index (Phi) is 6.90. The SMILES string of the molecule is O=C(COC(=O)C1CCCCC1C(=O)N1CCc2ccccc21)Nc1ccccc1C(F)(F)F. The molecule has 2 aliphatic rings. The number of ether oxygens (including phenoxy) is 1. The number of esters is 1. The lowest BCUT2D eigenvalue weighted by molar-refractivity contribution is -0.156. The van der Waals surface area contributed by atoms with Crippen LogP contribution >= 0.6 is 0 Å². The van der Waals surface area contributed by atoms with Crippen molar-refractivity contribution in [1.29, 1.82) is 0 Å². The van der Waals surface area contributed by atoms with Crippen molar-refractivity contribution < 1.29 is 32.3 Å². The van der Waals surface area contributed by atoms with Crippen molar-refractivity contribution in [3.8, 4) is 0 Å². The van der Waals surface area contributed by atoms with E-state index in [1.54, 1.807) is 4.90 Å². The number of benzene rings is 2. The van der Waals surface area contributed by atoms with Gasteiger partial charge in [-0.15, -0.1) is 0 Å². The molecule has 2 unspecified atom stereocenters. The second-order valence-electron chi connectivity index (χ2n) is 8.57. The Bertz CT molecular complexity index is 1090. The number of hydrogen-bond donors (Lipinski definition) is 1. The van der Waals surface area contributed by atoms with Crippen LogP contribution in [0.3, 0.4) is 0 Å². The van der Waals surface area contributed by atoms with Gasteiger partial charge in [0, 0.05) is 12.2 Å². The highest BCUT2D eigenvalue weighted by Gasteiger charge is 2.40. The predicted octanol–water partition coefficient (Wildman–Crippen LogP) is 4.58. The summed E-state index contributed by atoms with van der Waals surface area (Å²) in [5.41, 5.74) is 0.544. The van der Waals surface area contributed by atoms with E-state index in [1.165, 1.54) is 12.1 Å². The third kappa shape index (κ3) is 5.08. The van der Waals surface area contributed by atoms with Crippen molar-refractivity contribution in [3.63, 3.8) is 0 Å². The molecule has 0 bridgehead atoms. The molecule has 0 radical (unpaired) electrons. The fourth-order valence-electron chi connectivity index (χ4n) is 4.75. The maximum Gasteiger partial charge on any atom is 0.418 e. The number of fused-ring (bicyclic) bond motifs is 1. The summed E-state index contributed by atoms with van der Waals surface area (Å²) < 4.78 is 44.5. The van der Waals surface area contributed by atoms with Gasteiger partial charge in [-0.3, -0.25) is 14.4 Å². The molecule has 9 heteroatoms. The van der Waals surface area contributed by atoms with Crippen molar-refractivity contribution >= 4 is 29.2 Å². The minimum absolute atomic E-state index is 0.129. The van der Waals surface area contributed by atoms with Crippen LogP contribution in [0.25, 0.3) is 0 Å². The smallest absolute Gasteiger partial charge is 0.418 e. The highest BCUT2D eigenvalue weighted by atomic mass is 19.4. The quantitative estimate of drug-likeness (QED) is 0.644. The zero-order valence-corrected chi connectivity index (χ0v) is 18.4. The lowest BCUT2D eigenvalue weighted by Crippen LogP contribution is -2.42. The van der Waals surface area contributed by atoms with Gasteiger partial charge in [0.2, 0.25) is 5.91 Å². The first-order valence-electron chi connectivity index (χ1n) is 11.3. The molecule has 1 N–H and O–H groups in total. The maximum absolute atomic E-state index is 13.3. The molecule has 0 spiro atoms. The Morgan fingerprint density at radius 3 is 2.41 bits per heavy atom. The van der Waals surface area contributed by atoms with Crippen LogP contribution in [-0.2, 0) is 31.7 Å². The van der Waals surface area contributed by atoms with Gasteiger partial charge in [0.25, 0.3) is 5.91 Å². The van der Waals surface area contributed by atoms with E-state index in [0.29, 0.717) is 19.4 Å². The average Bonchev–Trinajstić information content (AvgIpc) is 3.26. The molecule has 0 saturated heterocycles. The topological polar surface area (TPSA) is 75.7 Å². The number of carbonyl (C=O) groups excluding carboxylic acids is 3. The third-order valence-corrected chi connectivity index (χ3v) is 6.39. The number of anilines is 2. The minimum Gasteiger partial charge on any atom is -0.455 e. The highest BCUT2D eigenvalue weighted by Crippen LogP contribution is 2.37. The fourth-order valence-corrected chi connectivity index (χ4v) is 4.75. The van der Waals surface area contributed by atoms with Crippen molar-refractivity contribution in [2.45, 2.75) is 38.3 Å². The Morgan fingerprint density at radius 1 is 0.971 bits per heavy atom. The first-order chi connectivity index (χ1) is 16.3. The van der Waals surface area contributed by atoms with Crippen LogP contribution in [0.2, 0.25) is 0 Å². The van der Waals surface area contributed by atoms with Crippen LogP contribution < -0.4 is 10.2 Å². The van der Waals surface area contributed by atoms with E-state index in [9.17, 15) is 27.6 Å². The molecule has 2 aromatic rings. The number of rotatable bonds is 5. The Morgan fingerprint density at radius 2 is 1.65 bits per heavy atom. The van der Waals surface area contributed by atoms with E-state index >= 15 is 0 Å². The molecule has 1 fully saturated rings. The molecule has 2 aromatic carbocycles. The number of nitrogens with zero attached hydrogens (tertiary/aromatic N) is 1. The molecule has 2 atom stereocenters. The van der Waals surface area contributed by atoms with E-state index in [4.69, 9.17) is 4.74 Å². The molecule has 2 amide bonds. The third-order valence-electron chi connectivity index (χ3n) is 6.39. The van der Waals surface area contributed by atoms with Gasteiger partial charge in [-0.05, 0) is 43.0 Å². The Hall–Kier alpha value is -3.36. The van der Waals surface area contributed by atoms with E-state index in [-0.39, 0.29) is 5.91 Å². The van der Waals surface area contributed by atoms with Gasteiger partial charge >= 0.3 is 12.1 Å². The van der Waals surface area contributed by atoms with Crippen molar-refractivity contribution in [2.75, 3.05) is 23.4 Å². The van der Waals surface area contributed by atoms with Gasteiger partial charge in [0.1, 0.15) is 0 Å². The zero-order chi connectivity index (χ0) is 24.3. The summed E-state index contributed by atoms with van der Waals surface area (Å²) in [7, 11) is 0. The number of carbonyl (C=O) groups is 3. The molecule has 1 heterocycles. The number of hydrogen-bond acceptors (Lipinski definition) is 4. The predicted molar refractivity (Wildman–Crippen MR) is 119 cm³/mol. The summed E-state index contributed by atoms with van der Waals surface area (Å²) in [5.74, 6) is -2.93. The Balaban J connectivity index is 1.38. The monoisotopic (exact) mass is 474 g/mol. The van der Waals surface area contributed by atoms with Gasteiger partial charge in [0.05, 0.1) is 23.1 Å². The van der Waals surface area contributed by atoms with Gasteiger partial charge in [0.15, 0.2) is 6.61 Å². The molecule has 180 valence electrons. The molecule has 4 rings (SSSR count). The largest absolute Gasteiger partial charge is 0.455 e. The summed E-state index contributed by atoms with van der Waals surface area (Å²) in [4.78, 5) is 40.0. The van der Waals surface area contributed by atoms with Crippen molar-refractivity contribution in [1.82, 2.24) is 0 Å². The lowest BCUT2D eigenvalue weighted by Gasteiger charge is -2.32. The van der Waals surface area contributed by atoms with Crippen LogP contribution in [0.15, 0.2) is 48.5 Å². The summed E-state index contributed by atoms with van der Waals surface area (Å²) in [6.45, 7) is -0.174. The average molecular weight is 474 g/mol. The maximum atomic E-state index is 13.3. The van der Waals surface area contributed by atoms with Gasteiger partial charge in [-0.25, -0.2) is 0 Å². The van der Waals surface area contributed by atoms with Crippen LogP contribution in [0.1, 0.15) is 36.8 Å². The van der Waals surface area contributed by atoms with E-state index in [1.807, 2.05) is 24.3 Å². The van der Waals surface area contributed by atoms with E-state index in [0.717, 1.165) is 42.6 Å². The molecule has 1 aliphatic heterocycles. The lowest BCUT2D eigenvalue weighted by atomic mass is 9.78. The second-order valence-corrected chi connectivity index (χ2v) is 8.57. The number of para-hydroxylation sites is 2. The van der Waals surface area contributed by atoms with E-state index in [2.05, 4.69) is 5.32 Å². The molecular formula is C25H25F3N2O4. The first-order valence-corrected chi connectivity index (χ1v) is 11.3. The summed E-state index contributed by atoms with van der Waals surface area (Å²) in [6.07, 6.45) is -1.31. The molecule has 0 aromatic heterocycles. The molecule has 1 saturated carbocycles. The molecule has 6 nitrogen and oxygen atoms in total. The first kappa shape index (κ1) is 23.8. The molecule has 34 heavy (non-hydrogen) atoms. The number of nitrogens with one attached hydrogen (secondary N) is 1. The number of alkyl halides is 3. The highest BCUT2D eigenvalue weighted by molar-refractivity contribution is 5.99. The van der Waals surface area contributed by atoms with Gasteiger partial charge in [-0.2, -0.15) is 13.2 Å². The van der Waals surface area contributed by atoms with Gasteiger partial charge < -0.3 is 15.0 Å². The van der Waals surface area contributed by atoms with Crippen molar-refractivity contribution in [2.24, 2.45) is 11.8 Å². The Labute approximate surface area is 195 Å². The van der Waals surface area contributed by atoms with Crippen LogP contribution in [-0.4, -0.2) is 30.9 Å². The number of halogens is 3. The van der Waals surface area contributed by atoms with Gasteiger partial charge in [-0.1, -0.05) is 43.2 Å². The van der Waals surface area contributed by atoms with E-state index < -0.39 is 47.7 Å². The number of amides is 2. The normalized spacial score (nSPS) is 19.9. The summed E-state index contributed by atoms with van der Waals surface area (Å²) >= 11 is 0. The fraction of sp³-hybridized carbons (Fsp3) is 0.400. The minimum atomic E-state index is -4.63. The van der Waals surface area contributed by atoms with Crippen LogP contribution in [0.5, 0.6) is 0 Å². The molecular weight excluding hydrogens is 449 g/mol. The van der Waals surface area contributed by atoms with Crippen molar-refractivity contribution in [3.05, 3.63) is 59.7 Å². The molecule has 1 aliphatic carbocycles. The van der Waals surface area contributed by atoms with Crippen LogP contribution in [0, 0.1) is 11.8 Å².